The van der Waals surface area contributed by atoms with Crippen LogP contribution in [0.5, 0.6) is 0 Å². The number of imidazole rings is 1. The van der Waals surface area contributed by atoms with Crippen LogP contribution in [0.1, 0.15) is 32.0 Å². The second-order valence-corrected chi connectivity index (χ2v) is 5.82. The predicted molar refractivity (Wildman–Crippen MR) is 64.3 cm³/mol. The molecule has 0 aliphatic heterocycles. The van der Waals surface area contributed by atoms with Gasteiger partial charge >= 0.3 is 0 Å². The van der Waals surface area contributed by atoms with Crippen molar-refractivity contribution < 1.29 is 4.21 Å². The zero-order chi connectivity index (χ0) is 12.0. The summed E-state index contributed by atoms with van der Waals surface area (Å²) in [7, 11) is -1.16. The molecule has 5 nitrogen and oxygen atoms in total. The van der Waals surface area contributed by atoms with E-state index in [1.54, 1.807) is 23.2 Å². The molecule has 2 heterocycles. The summed E-state index contributed by atoms with van der Waals surface area (Å²) < 4.78 is 13.2. The Labute approximate surface area is 102 Å². The Morgan fingerprint density at radius 2 is 2.12 bits per heavy atom. The van der Waals surface area contributed by atoms with E-state index in [0.717, 1.165) is 30.6 Å². The molecule has 0 spiro atoms. The van der Waals surface area contributed by atoms with Gasteiger partial charge in [0, 0.05) is 11.7 Å². The number of nitrogens with zero attached hydrogens (tertiary/aromatic N) is 4. The standard InChI is InChI=1S/C11H14N4OS/c1-3-11(4-5-11)9-12-6-8-7-13-10(17(2)16)14-15(8)9/h6-7H,3-5H2,1-2H3. The van der Waals surface area contributed by atoms with Crippen LogP contribution >= 0.6 is 0 Å². The topological polar surface area (TPSA) is 60.2 Å². The van der Waals surface area contributed by atoms with Gasteiger partial charge < -0.3 is 0 Å². The van der Waals surface area contributed by atoms with Gasteiger partial charge in [-0.1, -0.05) is 6.92 Å². The molecular formula is C11H14N4OS. The van der Waals surface area contributed by atoms with Crippen molar-refractivity contribution >= 4 is 16.3 Å². The van der Waals surface area contributed by atoms with Gasteiger partial charge in [-0.05, 0) is 19.3 Å². The molecule has 0 N–H and O–H groups in total. The van der Waals surface area contributed by atoms with Crippen molar-refractivity contribution in [3.63, 3.8) is 0 Å². The SMILES string of the molecule is CCC1(c2ncc3cnc(S(C)=O)nn23)CC1. The van der Waals surface area contributed by atoms with Crippen LogP contribution in [-0.4, -0.2) is 30.0 Å². The molecule has 1 fully saturated rings. The first kappa shape index (κ1) is 10.8. The summed E-state index contributed by atoms with van der Waals surface area (Å²) in [5, 5.41) is 4.70. The smallest absolute Gasteiger partial charge is 0.237 e. The van der Waals surface area contributed by atoms with Crippen LogP contribution < -0.4 is 0 Å². The van der Waals surface area contributed by atoms with Crippen LogP contribution in [0.15, 0.2) is 17.6 Å². The summed E-state index contributed by atoms with van der Waals surface area (Å²) in [6.07, 6.45) is 8.46. The summed E-state index contributed by atoms with van der Waals surface area (Å²) in [5.41, 5.74) is 1.06. The van der Waals surface area contributed by atoms with Crippen LogP contribution in [-0.2, 0) is 16.2 Å². The van der Waals surface area contributed by atoms with E-state index in [2.05, 4.69) is 22.0 Å². The molecular weight excluding hydrogens is 236 g/mol. The quantitative estimate of drug-likeness (QED) is 0.824. The zero-order valence-electron chi connectivity index (χ0n) is 9.88. The lowest BCUT2D eigenvalue weighted by molar-refractivity contribution is 0.582. The van der Waals surface area contributed by atoms with Crippen molar-refractivity contribution in [2.45, 2.75) is 36.8 Å². The molecule has 1 saturated carbocycles. The van der Waals surface area contributed by atoms with Crippen LogP contribution in [0.4, 0.5) is 0 Å². The summed E-state index contributed by atoms with van der Waals surface area (Å²) in [4.78, 5) is 8.54. The summed E-state index contributed by atoms with van der Waals surface area (Å²) in [6.45, 7) is 2.17. The Morgan fingerprint density at radius 3 is 2.71 bits per heavy atom. The molecule has 0 bridgehead atoms. The van der Waals surface area contributed by atoms with Crippen molar-refractivity contribution in [2.24, 2.45) is 0 Å². The number of rotatable bonds is 3. The van der Waals surface area contributed by atoms with Gasteiger partial charge in [-0.25, -0.2) is 14.5 Å². The van der Waals surface area contributed by atoms with E-state index in [0.29, 0.717) is 5.16 Å². The lowest BCUT2D eigenvalue weighted by Crippen LogP contribution is -2.13. The van der Waals surface area contributed by atoms with Crippen LogP contribution in [0.3, 0.4) is 0 Å². The van der Waals surface area contributed by atoms with Gasteiger partial charge in [0.2, 0.25) is 5.16 Å². The second kappa shape index (κ2) is 3.60. The molecule has 1 atom stereocenters. The average Bonchev–Trinajstić information content (AvgIpc) is 3.01. The fourth-order valence-electron chi connectivity index (χ4n) is 2.16. The van der Waals surface area contributed by atoms with Crippen LogP contribution in [0.25, 0.3) is 5.52 Å². The highest BCUT2D eigenvalue weighted by Gasteiger charge is 2.46. The van der Waals surface area contributed by atoms with E-state index in [-0.39, 0.29) is 5.41 Å². The van der Waals surface area contributed by atoms with Crippen molar-refractivity contribution in [1.29, 1.82) is 0 Å². The fraction of sp³-hybridized carbons (Fsp3) is 0.545. The van der Waals surface area contributed by atoms with Gasteiger partial charge in [0.05, 0.1) is 23.2 Å². The van der Waals surface area contributed by atoms with Crippen LogP contribution in [0, 0.1) is 0 Å². The summed E-state index contributed by atoms with van der Waals surface area (Å²) in [6, 6.07) is 0. The molecule has 1 aliphatic carbocycles. The first-order chi connectivity index (χ1) is 8.16. The third-order valence-electron chi connectivity index (χ3n) is 3.52. The minimum Gasteiger partial charge on any atom is -0.251 e. The monoisotopic (exact) mass is 250 g/mol. The third-order valence-corrected chi connectivity index (χ3v) is 4.22. The molecule has 6 heteroatoms. The molecule has 0 radical (unpaired) electrons. The molecule has 0 amide bonds. The maximum Gasteiger partial charge on any atom is 0.237 e. The highest BCUT2D eigenvalue weighted by Crippen LogP contribution is 2.49. The molecule has 2 aromatic rings. The van der Waals surface area contributed by atoms with Crippen LogP contribution in [0.2, 0.25) is 0 Å². The predicted octanol–water partition coefficient (Wildman–Crippen LogP) is 1.30. The summed E-state index contributed by atoms with van der Waals surface area (Å²) >= 11 is 0. The van der Waals surface area contributed by atoms with Crippen molar-refractivity contribution in [3.05, 3.63) is 18.2 Å². The molecule has 90 valence electrons. The van der Waals surface area contributed by atoms with Gasteiger partial charge in [-0.2, -0.15) is 0 Å². The molecule has 0 aromatic carbocycles. The van der Waals surface area contributed by atoms with Gasteiger partial charge in [0.15, 0.2) is 0 Å². The normalized spacial score (nSPS) is 19.4. The van der Waals surface area contributed by atoms with E-state index in [9.17, 15) is 4.21 Å². The Hall–Kier alpha value is -1.30. The van der Waals surface area contributed by atoms with E-state index < -0.39 is 10.8 Å². The van der Waals surface area contributed by atoms with E-state index >= 15 is 0 Å². The molecule has 2 aromatic heterocycles. The lowest BCUT2D eigenvalue weighted by Gasteiger charge is -2.10. The number of aromatic nitrogens is 4. The average molecular weight is 250 g/mol. The van der Waals surface area contributed by atoms with Gasteiger partial charge in [0.25, 0.3) is 0 Å². The number of hydrogen-bond donors (Lipinski definition) is 0. The van der Waals surface area contributed by atoms with E-state index in [1.807, 2.05) is 0 Å². The maximum atomic E-state index is 11.4. The molecule has 0 saturated heterocycles. The van der Waals surface area contributed by atoms with Crippen molar-refractivity contribution in [2.75, 3.05) is 6.26 Å². The zero-order valence-corrected chi connectivity index (χ0v) is 10.7. The molecule has 17 heavy (non-hydrogen) atoms. The number of fused-ring (bicyclic) bond motifs is 1. The number of hydrogen-bond acceptors (Lipinski definition) is 4. The maximum absolute atomic E-state index is 11.4. The van der Waals surface area contributed by atoms with Gasteiger partial charge in [-0.15, -0.1) is 5.10 Å². The second-order valence-electron chi connectivity index (χ2n) is 4.55. The Balaban J connectivity index is 2.20. The van der Waals surface area contributed by atoms with E-state index in [4.69, 9.17) is 0 Å². The van der Waals surface area contributed by atoms with Gasteiger partial charge in [0.1, 0.15) is 11.3 Å². The van der Waals surface area contributed by atoms with Crippen molar-refractivity contribution in [3.8, 4) is 0 Å². The van der Waals surface area contributed by atoms with Crippen molar-refractivity contribution in [1.82, 2.24) is 19.6 Å². The summed E-state index contributed by atoms with van der Waals surface area (Å²) in [5.74, 6) is 0.990. The Morgan fingerprint density at radius 1 is 1.41 bits per heavy atom. The Bertz CT molecular complexity index is 603. The first-order valence-corrected chi connectivity index (χ1v) is 7.27. The van der Waals surface area contributed by atoms with Gasteiger partial charge in [-0.3, -0.25) is 4.21 Å². The minimum atomic E-state index is -1.16. The first-order valence-electron chi connectivity index (χ1n) is 5.71. The Kier molecular flexibility index (Phi) is 2.29. The highest BCUT2D eigenvalue weighted by atomic mass is 32.2. The lowest BCUT2D eigenvalue weighted by atomic mass is 10.0. The molecule has 1 aliphatic rings. The third kappa shape index (κ3) is 1.58. The fourth-order valence-corrected chi connectivity index (χ4v) is 2.56. The molecule has 3 rings (SSSR count). The largest absolute Gasteiger partial charge is 0.251 e. The highest BCUT2D eigenvalue weighted by molar-refractivity contribution is 7.84. The minimum absolute atomic E-state index is 0.188. The molecule has 1 unspecified atom stereocenters. The van der Waals surface area contributed by atoms with E-state index in [1.165, 1.54) is 0 Å².